The number of nitrogen functional groups attached to an aromatic ring is 1. The van der Waals surface area contributed by atoms with Crippen molar-refractivity contribution in [1.29, 1.82) is 0 Å². The lowest BCUT2D eigenvalue weighted by Gasteiger charge is -2.16. The van der Waals surface area contributed by atoms with Gasteiger partial charge in [-0.2, -0.15) is 0 Å². The summed E-state index contributed by atoms with van der Waals surface area (Å²) in [6.07, 6.45) is 13.1. The molecule has 6 aliphatic heterocycles. The quantitative estimate of drug-likeness (QED) is 0.0300. The van der Waals surface area contributed by atoms with Crippen molar-refractivity contribution in [3.63, 3.8) is 0 Å². The minimum absolute atomic E-state index is 0.0693. The van der Waals surface area contributed by atoms with E-state index in [0.29, 0.717) is 28.6 Å². The summed E-state index contributed by atoms with van der Waals surface area (Å²) in [4.78, 5) is 114. The van der Waals surface area contributed by atoms with E-state index in [1.807, 2.05) is 77.9 Å². The summed E-state index contributed by atoms with van der Waals surface area (Å²) in [5, 5.41) is 21.7. The summed E-state index contributed by atoms with van der Waals surface area (Å²) >= 11 is 11.2. The van der Waals surface area contributed by atoms with Crippen molar-refractivity contribution in [3.8, 4) is 0 Å². The van der Waals surface area contributed by atoms with Gasteiger partial charge in [-0.05, 0) is 150 Å². The lowest BCUT2D eigenvalue weighted by molar-refractivity contribution is -0.129. The van der Waals surface area contributed by atoms with E-state index < -0.39 is 0 Å². The van der Waals surface area contributed by atoms with Crippen LogP contribution in [-0.2, 0) is 28.8 Å². The van der Waals surface area contributed by atoms with Crippen LogP contribution in [0.15, 0.2) is 53.5 Å². The third-order valence-electron chi connectivity index (χ3n) is 16.3. The van der Waals surface area contributed by atoms with Crippen LogP contribution in [0.3, 0.4) is 0 Å². The largest absolute Gasteiger partial charge is 0.399 e. The maximum atomic E-state index is 12.2. The van der Waals surface area contributed by atoms with Crippen LogP contribution in [0.5, 0.6) is 0 Å². The number of anilines is 6. The van der Waals surface area contributed by atoms with Gasteiger partial charge in [-0.25, -0.2) is 24.9 Å². The molecule has 6 saturated heterocycles. The number of amides is 6. The fraction of sp³-hybridized carbons (Fsp3) is 0.500. The normalized spacial score (nSPS) is 16.1. The number of benzene rings is 3. The number of aromatic amines is 3. The molecule has 6 aliphatic rings. The summed E-state index contributed by atoms with van der Waals surface area (Å²) < 4.78 is 1.00. The van der Waals surface area contributed by atoms with E-state index in [0.717, 1.165) is 210 Å². The number of nitrogens with two attached hydrogens (primary N) is 1. The maximum absolute atomic E-state index is 12.2. The number of nitrogens with one attached hydrogen (secondary N) is 9. The molecule has 13 rings (SSSR count). The molecule has 0 bridgehead atoms. The van der Waals surface area contributed by atoms with Crippen LogP contribution in [0, 0.1) is 0 Å². The summed E-state index contributed by atoms with van der Waals surface area (Å²) in [5.41, 5.74) is 13.1. The molecule has 3 aromatic carbocycles. The average Bonchev–Trinajstić information content (AvgIpc) is 1.97. The van der Waals surface area contributed by atoms with Gasteiger partial charge in [-0.1, -0.05) is 11.3 Å². The molecular weight excluding hydrogens is 1210 g/mol. The van der Waals surface area contributed by atoms with Gasteiger partial charge in [0.2, 0.25) is 53.3 Å². The first kappa shape index (κ1) is 64.3. The number of thiazole rings is 1. The van der Waals surface area contributed by atoms with Gasteiger partial charge in [0.25, 0.3) is 0 Å². The highest BCUT2D eigenvalue weighted by Crippen LogP contribution is 2.30. The molecule has 7 aromatic rings. The second-order valence-corrected chi connectivity index (χ2v) is 24.4. The number of hydrogen-bond acceptors (Lipinski definition) is 19. The SMILES string of the molecule is Nc1ccc2nc(NCC(=O)N3CCCC3)[nH]c2c1.O=C(CN=C=S)N1CCCC1.O=C(CNC(=S)Nc1ccc2nc(NCC(=O)N3CCCC3)[nH]c2c1)N1CCCC1.O=C(CNc1nc2cc3sc(NCC(=O)N4CCCC4)nc3cc2[nH]1)N1CCCC1. The highest BCUT2D eigenvalue weighted by molar-refractivity contribution is 7.80. The predicted octanol–water partition coefficient (Wildman–Crippen LogP) is 5.64. The smallest absolute Gasteiger partial charge is 0.245 e. The van der Waals surface area contributed by atoms with Crippen molar-refractivity contribution in [2.75, 3.05) is 150 Å². The topological polar surface area (TPSA) is 331 Å². The molecule has 6 fully saturated rings. The number of carbonyl (C=O) groups excluding carboxylic acids is 6. The van der Waals surface area contributed by atoms with E-state index in [4.69, 9.17) is 18.0 Å². The van der Waals surface area contributed by atoms with Crippen molar-refractivity contribution in [3.05, 3.63) is 48.5 Å². The molecule has 6 amide bonds. The van der Waals surface area contributed by atoms with Gasteiger partial charge in [0.15, 0.2) is 10.2 Å². The zero-order chi connectivity index (χ0) is 62.8. The van der Waals surface area contributed by atoms with Gasteiger partial charge < -0.3 is 82.0 Å². The Bertz CT molecular complexity index is 3560. The van der Waals surface area contributed by atoms with Crippen LogP contribution >= 0.6 is 35.8 Å². The van der Waals surface area contributed by atoms with E-state index in [1.165, 1.54) is 11.3 Å². The summed E-state index contributed by atoms with van der Waals surface area (Å²) in [6.45, 7) is 11.6. The molecule has 30 heteroatoms. The van der Waals surface area contributed by atoms with E-state index >= 15 is 0 Å². The molecule has 10 heterocycles. The third-order valence-corrected chi connectivity index (χ3v) is 17.6. The van der Waals surface area contributed by atoms with Crippen LogP contribution in [0.25, 0.3) is 43.3 Å². The van der Waals surface area contributed by atoms with E-state index in [9.17, 15) is 28.8 Å². The molecule has 0 aliphatic carbocycles. The Morgan fingerprint density at radius 3 is 1.32 bits per heavy atom. The lowest BCUT2D eigenvalue weighted by atomic mass is 10.3. The number of aliphatic imine (C=N–C) groups is 1. The van der Waals surface area contributed by atoms with Gasteiger partial charge in [0, 0.05) is 89.9 Å². The molecule has 478 valence electrons. The minimum Gasteiger partial charge on any atom is -0.399 e. The molecule has 0 spiro atoms. The molecule has 0 saturated carbocycles. The van der Waals surface area contributed by atoms with Gasteiger partial charge in [-0.3, -0.25) is 28.8 Å². The minimum atomic E-state index is 0.0693. The average molecular weight is 1290 g/mol. The van der Waals surface area contributed by atoms with E-state index in [2.05, 4.69) is 89.2 Å². The highest BCUT2D eigenvalue weighted by Gasteiger charge is 2.23. The Hall–Kier alpha value is -8.73. The first-order valence-corrected chi connectivity index (χ1v) is 32.7. The molecule has 4 aromatic heterocycles. The number of rotatable bonds is 17. The Balaban J connectivity index is 0.000000140. The number of imidazole rings is 3. The molecule has 0 unspecified atom stereocenters. The van der Waals surface area contributed by atoms with E-state index in [-0.39, 0.29) is 74.7 Å². The van der Waals surface area contributed by atoms with Crippen molar-refractivity contribution >= 4 is 159 Å². The second-order valence-electron chi connectivity index (χ2n) is 22.8. The molecule has 27 nitrogen and oxygen atoms in total. The van der Waals surface area contributed by atoms with Crippen LogP contribution < -0.4 is 37.6 Å². The number of isothiocyanates is 1. The van der Waals surface area contributed by atoms with Crippen LogP contribution in [0.4, 0.5) is 34.4 Å². The Morgan fingerprint density at radius 2 is 0.867 bits per heavy atom. The molecule has 0 radical (unpaired) electrons. The second kappa shape index (κ2) is 31.6. The number of likely N-dealkylation sites (tertiary alicyclic amines) is 6. The van der Waals surface area contributed by atoms with Gasteiger partial charge in [0.1, 0.15) is 6.54 Å². The Morgan fingerprint density at radius 1 is 0.478 bits per heavy atom. The summed E-state index contributed by atoms with van der Waals surface area (Å²) in [5.74, 6) is 2.34. The van der Waals surface area contributed by atoms with Crippen LogP contribution in [-0.4, -0.2) is 228 Å². The van der Waals surface area contributed by atoms with Crippen LogP contribution in [0.1, 0.15) is 77.0 Å². The van der Waals surface area contributed by atoms with Gasteiger partial charge in [0.05, 0.1) is 81.2 Å². The highest BCUT2D eigenvalue weighted by atomic mass is 32.1. The Labute approximate surface area is 535 Å². The number of carbonyl (C=O) groups is 6. The van der Waals surface area contributed by atoms with Gasteiger partial charge in [-0.15, -0.1) is 0 Å². The molecule has 11 N–H and O–H groups in total. The first-order chi connectivity index (χ1) is 43.8. The third kappa shape index (κ3) is 18.0. The zero-order valence-corrected chi connectivity index (χ0v) is 53.0. The summed E-state index contributed by atoms with van der Waals surface area (Å²) in [7, 11) is 0. The molecule has 0 atom stereocenters. The standard InChI is InChI=1S/C20H25N7O2S.C20H27N7O2S.C13H17N5O.C7H10N2OS/c28-17(26-5-1-2-6-26)11-21-19-23-13-9-15-16(10-14(13)24-19)30-20(25-15)22-12-18(29)27-7-3-4-8-27;28-17(26-7-1-2-8-26)12-21-19-24-15-6-5-14(11-16(15)25-19)23-20(30)22-13-18(29)27-9-3-4-10-27;14-9-3-4-10-11(7-9)17-13(16-10)15-8-12(19)18-5-1-2-6-18;10-7(5-8-6-11)9-3-1-2-4-9/h9-10H,1-8,11-12H2,(H,22,25)(H2,21,23,24);5-6,11H,1-4,7-10,12-13H2,(H2,21,24,25)(H2,22,23,30);3-4,7H,1-2,5-6,8,14H2,(H2,15,16,17);1-5H2. The van der Waals surface area contributed by atoms with E-state index in [1.54, 1.807) is 0 Å². The summed E-state index contributed by atoms with van der Waals surface area (Å²) in [6, 6.07) is 15.1. The predicted molar refractivity (Wildman–Crippen MR) is 359 cm³/mol. The maximum Gasteiger partial charge on any atom is 0.245 e. The molecule has 90 heavy (non-hydrogen) atoms. The number of thiocarbonyl (C=S) groups is 2. The number of nitrogens with zero attached hydrogens (tertiary/aromatic N) is 11. The molecular formula is C60H79N21O6S3. The monoisotopic (exact) mass is 1290 g/mol. The van der Waals surface area contributed by atoms with Crippen molar-refractivity contribution in [2.45, 2.75) is 77.0 Å². The number of hydrogen-bond donors (Lipinski definition) is 10. The zero-order valence-electron chi connectivity index (χ0n) is 50.5. The lowest BCUT2D eigenvalue weighted by Crippen LogP contribution is -2.40. The van der Waals surface area contributed by atoms with Crippen LogP contribution in [0.2, 0.25) is 0 Å². The number of H-pyrrole nitrogens is 3. The van der Waals surface area contributed by atoms with Crippen molar-refractivity contribution in [1.82, 2.24) is 69.6 Å². The Kier molecular flexibility index (Phi) is 22.6. The number of aromatic nitrogens is 7. The van der Waals surface area contributed by atoms with Crippen molar-refractivity contribution < 1.29 is 28.8 Å². The first-order valence-electron chi connectivity index (χ1n) is 31.1. The fourth-order valence-electron chi connectivity index (χ4n) is 11.4. The van der Waals surface area contributed by atoms with Gasteiger partial charge >= 0.3 is 0 Å². The fourth-order valence-corrected chi connectivity index (χ4v) is 12.5. The van der Waals surface area contributed by atoms with Crippen molar-refractivity contribution in [2.24, 2.45) is 4.99 Å². The number of fused-ring (bicyclic) bond motifs is 4.